The minimum absolute atomic E-state index is 0.0496. The third-order valence-electron chi connectivity index (χ3n) is 3.29. The summed E-state index contributed by atoms with van der Waals surface area (Å²) in [7, 11) is -3.81. The number of hydrogen-bond acceptors (Lipinski definition) is 4. The Labute approximate surface area is 147 Å². The van der Waals surface area contributed by atoms with Crippen molar-refractivity contribution >= 4 is 15.9 Å². The third kappa shape index (κ3) is 5.46. The Balaban J connectivity index is 1.90. The molecule has 0 bridgehead atoms. The number of alkyl halides is 3. The number of carbonyl (C=O) groups excluding carboxylic acids is 1. The first kappa shape index (κ1) is 19.7. The number of halogens is 3. The minimum Gasteiger partial charge on any atom is -0.483 e. The average Bonchev–Trinajstić information content (AvgIpc) is 2.57. The number of rotatable bonds is 6. The molecule has 6 nitrogen and oxygen atoms in total. The lowest BCUT2D eigenvalue weighted by Crippen LogP contribution is -2.28. The molecule has 0 saturated heterocycles. The highest BCUT2D eigenvalue weighted by Gasteiger charge is 2.34. The Morgan fingerprint density at radius 2 is 1.69 bits per heavy atom. The Bertz CT molecular complexity index is 881. The van der Waals surface area contributed by atoms with Crippen molar-refractivity contribution in [2.45, 2.75) is 17.6 Å². The summed E-state index contributed by atoms with van der Waals surface area (Å²) in [5, 5.41) is 7.43. The molecule has 0 unspecified atom stereocenters. The van der Waals surface area contributed by atoms with E-state index >= 15 is 0 Å². The highest BCUT2D eigenvalue weighted by molar-refractivity contribution is 7.89. The molecule has 0 radical (unpaired) electrons. The van der Waals surface area contributed by atoms with Crippen molar-refractivity contribution in [1.29, 1.82) is 0 Å². The molecule has 3 N–H and O–H groups in total. The number of benzene rings is 2. The van der Waals surface area contributed by atoms with Crippen molar-refractivity contribution in [1.82, 2.24) is 5.32 Å². The van der Waals surface area contributed by atoms with Gasteiger partial charge in [-0.25, -0.2) is 13.6 Å². The molecule has 140 valence electrons. The highest BCUT2D eigenvalue weighted by atomic mass is 32.2. The molecule has 2 aromatic carbocycles. The molecule has 0 aromatic heterocycles. The van der Waals surface area contributed by atoms with E-state index in [4.69, 9.17) is 9.88 Å². The molecule has 26 heavy (non-hydrogen) atoms. The van der Waals surface area contributed by atoms with Gasteiger partial charge in [-0.1, -0.05) is 24.3 Å². The first-order chi connectivity index (χ1) is 12.1. The molecular weight excluding hydrogens is 373 g/mol. The summed E-state index contributed by atoms with van der Waals surface area (Å²) in [6, 6.07) is 10.1. The molecule has 0 heterocycles. The number of para-hydroxylation sites is 1. The van der Waals surface area contributed by atoms with E-state index in [2.05, 4.69) is 5.32 Å². The van der Waals surface area contributed by atoms with Crippen LogP contribution in [0.5, 0.6) is 5.75 Å². The number of carbonyl (C=O) groups is 1. The Morgan fingerprint density at radius 1 is 1.08 bits per heavy atom. The largest absolute Gasteiger partial charge is 0.483 e. The van der Waals surface area contributed by atoms with E-state index < -0.39 is 40.0 Å². The van der Waals surface area contributed by atoms with Crippen molar-refractivity contribution in [3.63, 3.8) is 0 Å². The van der Waals surface area contributed by atoms with E-state index in [0.29, 0.717) is 5.56 Å². The predicted octanol–water partition coefficient (Wildman–Crippen LogP) is 2.05. The van der Waals surface area contributed by atoms with Crippen LogP contribution < -0.4 is 15.2 Å². The Morgan fingerprint density at radius 3 is 2.27 bits per heavy atom. The zero-order valence-electron chi connectivity index (χ0n) is 13.3. The molecule has 0 atom stereocenters. The lowest BCUT2D eigenvalue weighted by Gasteiger charge is -2.13. The fourth-order valence-corrected chi connectivity index (χ4v) is 2.53. The number of primary sulfonamides is 1. The van der Waals surface area contributed by atoms with Crippen molar-refractivity contribution in [3.8, 4) is 5.75 Å². The van der Waals surface area contributed by atoms with Crippen LogP contribution in [0.2, 0.25) is 0 Å². The van der Waals surface area contributed by atoms with E-state index in [1.165, 1.54) is 36.4 Å². The maximum atomic E-state index is 12.8. The van der Waals surface area contributed by atoms with Crippen LogP contribution in [0.25, 0.3) is 0 Å². The molecule has 0 fully saturated rings. The highest BCUT2D eigenvalue weighted by Crippen LogP contribution is 2.35. The van der Waals surface area contributed by atoms with Crippen molar-refractivity contribution in [2.24, 2.45) is 5.14 Å². The molecule has 0 aliphatic rings. The monoisotopic (exact) mass is 388 g/mol. The molecule has 2 rings (SSSR count). The minimum atomic E-state index is -4.59. The van der Waals surface area contributed by atoms with Gasteiger partial charge in [0.2, 0.25) is 10.0 Å². The van der Waals surface area contributed by atoms with Gasteiger partial charge in [0.25, 0.3) is 5.91 Å². The van der Waals surface area contributed by atoms with E-state index in [1.54, 1.807) is 0 Å². The first-order valence-electron chi connectivity index (χ1n) is 7.25. The van der Waals surface area contributed by atoms with Gasteiger partial charge in [-0.05, 0) is 29.8 Å². The van der Waals surface area contributed by atoms with Crippen molar-refractivity contribution in [2.75, 3.05) is 6.61 Å². The van der Waals surface area contributed by atoms with Crippen molar-refractivity contribution in [3.05, 3.63) is 59.7 Å². The van der Waals surface area contributed by atoms with E-state index in [-0.39, 0.29) is 11.4 Å². The Kier molecular flexibility index (Phi) is 5.88. The zero-order chi connectivity index (χ0) is 19.4. The molecule has 0 aliphatic carbocycles. The molecule has 1 amide bonds. The van der Waals surface area contributed by atoms with Crippen LogP contribution in [0.1, 0.15) is 11.1 Å². The van der Waals surface area contributed by atoms with Crippen LogP contribution in [0.15, 0.2) is 53.4 Å². The fraction of sp³-hybridized carbons (Fsp3) is 0.188. The topological polar surface area (TPSA) is 98.5 Å². The molecule has 0 spiro atoms. The summed E-state index contributed by atoms with van der Waals surface area (Å²) in [5.41, 5.74) is -0.382. The summed E-state index contributed by atoms with van der Waals surface area (Å²) in [5.74, 6) is -1.06. The second-order valence-electron chi connectivity index (χ2n) is 5.25. The molecule has 10 heteroatoms. The van der Waals surface area contributed by atoms with Gasteiger partial charge in [0, 0.05) is 6.54 Å². The lowest BCUT2D eigenvalue weighted by atomic mass is 10.2. The normalized spacial score (nSPS) is 11.8. The summed E-state index contributed by atoms with van der Waals surface area (Å²) in [6.45, 7) is -0.545. The zero-order valence-corrected chi connectivity index (χ0v) is 14.1. The van der Waals surface area contributed by atoms with Gasteiger partial charge in [0.1, 0.15) is 5.75 Å². The van der Waals surface area contributed by atoms with E-state index in [1.807, 2.05) is 0 Å². The van der Waals surface area contributed by atoms with Gasteiger partial charge in [-0.2, -0.15) is 13.2 Å². The van der Waals surface area contributed by atoms with Gasteiger partial charge in [0.05, 0.1) is 10.5 Å². The smallest absolute Gasteiger partial charge is 0.419 e. The first-order valence-corrected chi connectivity index (χ1v) is 8.79. The van der Waals surface area contributed by atoms with Crippen LogP contribution in [-0.4, -0.2) is 20.9 Å². The summed E-state index contributed by atoms with van der Waals surface area (Å²) in [4.78, 5) is 11.7. The van der Waals surface area contributed by atoms with E-state index in [9.17, 15) is 26.4 Å². The van der Waals surface area contributed by atoms with Crippen LogP contribution in [0.3, 0.4) is 0 Å². The predicted molar refractivity (Wildman–Crippen MR) is 86.6 cm³/mol. The Hall–Kier alpha value is -2.59. The third-order valence-corrected chi connectivity index (χ3v) is 4.22. The van der Waals surface area contributed by atoms with Crippen molar-refractivity contribution < 1.29 is 31.1 Å². The second kappa shape index (κ2) is 7.75. The summed E-state index contributed by atoms with van der Waals surface area (Å²) in [6.07, 6.45) is -4.59. The van der Waals surface area contributed by atoms with Crippen LogP contribution in [0.4, 0.5) is 13.2 Å². The average molecular weight is 388 g/mol. The van der Waals surface area contributed by atoms with Crippen LogP contribution in [0, 0.1) is 0 Å². The van der Waals surface area contributed by atoms with Crippen LogP contribution >= 0.6 is 0 Å². The maximum absolute atomic E-state index is 12.8. The summed E-state index contributed by atoms with van der Waals surface area (Å²) < 4.78 is 65.7. The number of amides is 1. The second-order valence-corrected chi connectivity index (χ2v) is 6.81. The standard InChI is InChI=1S/C16H15F3N2O4S/c17-16(18,19)13-3-1-2-4-14(13)25-10-15(22)21-9-11-5-7-12(8-6-11)26(20,23)24/h1-8H,9-10H2,(H,21,22)(H2,20,23,24). The maximum Gasteiger partial charge on any atom is 0.419 e. The van der Waals surface area contributed by atoms with Gasteiger partial charge < -0.3 is 10.1 Å². The number of ether oxygens (including phenoxy) is 1. The van der Waals surface area contributed by atoms with Gasteiger partial charge in [0.15, 0.2) is 6.61 Å². The molecule has 2 aromatic rings. The van der Waals surface area contributed by atoms with Gasteiger partial charge in [-0.3, -0.25) is 4.79 Å². The quantitative estimate of drug-likeness (QED) is 0.791. The molecular formula is C16H15F3N2O4S. The van der Waals surface area contributed by atoms with Gasteiger partial charge in [-0.15, -0.1) is 0 Å². The van der Waals surface area contributed by atoms with E-state index in [0.717, 1.165) is 12.1 Å². The lowest BCUT2D eigenvalue weighted by molar-refractivity contribution is -0.139. The molecule has 0 aliphatic heterocycles. The SMILES string of the molecule is NS(=O)(=O)c1ccc(CNC(=O)COc2ccccc2C(F)(F)F)cc1. The van der Waals surface area contributed by atoms with Gasteiger partial charge >= 0.3 is 6.18 Å². The fourth-order valence-electron chi connectivity index (χ4n) is 2.02. The number of hydrogen-bond donors (Lipinski definition) is 2. The number of sulfonamides is 1. The van der Waals surface area contributed by atoms with Crippen LogP contribution in [-0.2, 0) is 27.5 Å². The molecule has 0 saturated carbocycles. The summed E-state index contributed by atoms with van der Waals surface area (Å²) >= 11 is 0. The number of nitrogens with two attached hydrogens (primary N) is 1. The number of nitrogens with one attached hydrogen (secondary N) is 1.